The molecular weight excluding hydrogens is 528 g/mol. The average Bonchev–Trinajstić information content (AvgIpc) is 2.75. The van der Waals surface area contributed by atoms with Crippen molar-refractivity contribution in [3.63, 3.8) is 0 Å². The molecule has 2 aromatic carbocycles. The van der Waals surface area contributed by atoms with Gasteiger partial charge in [-0.05, 0) is 67.0 Å². The number of anilines is 1. The minimum Gasteiger partial charge on any atom is -0.744 e. The molecule has 182 valence electrons. The summed E-state index contributed by atoms with van der Waals surface area (Å²) in [7, 11) is -10.2. The molecule has 3 rings (SSSR count). The first-order chi connectivity index (χ1) is 15.8. The molecule has 0 saturated carbocycles. The van der Waals surface area contributed by atoms with Crippen LogP contribution in [0.3, 0.4) is 0 Å². The molecule has 0 heterocycles. The monoisotopic (exact) mass is 551 g/mol. The number of allylic oxidation sites excluding steroid dienone is 3. The Morgan fingerprint density at radius 3 is 1.83 bits per heavy atom. The fraction of sp³-hybridized carbons (Fsp3) is 0.217. The molecule has 0 unspecified atom stereocenters. The smallest absolute Gasteiger partial charge is 0.744 e. The Balaban J connectivity index is 0.00000324. The average molecular weight is 552 g/mol. The van der Waals surface area contributed by atoms with Crippen molar-refractivity contribution in [2.24, 2.45) is 0 Å². The van der Waals surface area contributed by atoms with Crippen LogP contribution in [0.2, 0.25) is 0 Å². The second-order valence-corrected chi connectivity index (χ2v) is 10.3. The van der Waals surface area contributed by atoms with E-state index in [9.17, 15) is 36.2 Å². The summed E-state index contributed by atoms with van der Waals surface area (Å²) in [6.07, 6.45) is 4.81. The molecule has 9 nitrogen and oxygen atoms in total. The second-order valence-electron chi connectivity index (χ2n) is 7.57. The van der Waals surface area contributed by atoms with Crippen LogP contribution in [0.1, 0.15) is 25.0 Å². The molecule has 0 fully saturated rings. The van der Waals surface area contributed by atoms with Gasteiger partial charge in [0.05, 0.1) is 9.79 Å². The van der Waals surface area contributed by atoms with Crippen LogP contribution < -0.4 is 64.0 Å². The van der Waals surface area contributed by atoms with E-state index in [-0.39, 0.29) is 70.3 Å². The maximum atomic E-state index is 12.1. The van der Waals surface area contributed by atoms with Gasteiger partial charge in [0.2, 0.25) is 5.79 Å². The zero-order valence-corrected chi connectivity index (χ0v) is 26.0. The summed E-state index contributed by atoms with van der Waals surface area (Å²) >= 11 is 0. The van der Waals surface area contributed by atoms with Crippen molar-refractivity contribution in [3.8, 4) is 0 Å². The predicted molar refractivity (Wildman–Crippen MR) is 124 cm³/mol. The molecule has 0 atom stereocenters. The van der Waals surface area contributed by atoms with Crippen LogP contribution in [0.4, 0.5) is 5.69 Å². The maximum Gasteiger partial charge on any atom is 1.00 e. The first kappa shape index (κ1) is 33.2. The van der Waals surface area contributed by atoms with Crippen LogP contribution in [-0.2, 0) is 20.2 Å². The van der Waals surface area contributed by atoms with Gasteiger partial charge in [0.25, 0.3) is 0 Å². The SMILES string of the molecule is CCN(CC)c1ccc(C(=C2C=CC(O)(O)C=C2)c2ccc(S(=O)(=O)[O-])cc2S(=O)(=O)[O-])cc1.[Na+].[Na+]. The quantitative estimate of drug-likeness (QED) is 0.199. The van der Waals surface area contributed by atoms with Crippen molar-refractivity contribution in [3.05, 3.63) is 83.5 Å². The van der Waals surface area contributed by atoms with E-state index in [4.69, 9.17) is 0 Å². The Morgan fingerprint density at radius 1 is 0.861 bits per heavy atom. The summed E-state index contributed by atoms with van der Waals surface area (Å²) in [5, 5.41) is 19.6. The number of hydrogen-bond donors (Lipinski definition) is 2. The Labute approximate surface area is 255 Å². The summed E-state index contributed by atoms with van der Waals surface area (Å²) in [6, 6.07) is 9.58. The number of rotatable bonds is 7. The summed E-state index contributed by atoms with van der Waals surface area (Å²) in [6.45, 7) is 5.51. The second kappa shape index (κ2) is 12.8. The summed E-state index contributed by atoms with van der Waals surface area (Å²) in [5.41, 5.74) is 1.80. The predicted octanol–water partition coefficient (Wildman–Crippen LogP) is -4.04. The van der Waals surface area contributed by atoms with E-state index in [1.54, 1.807) is 12.1 Å². The minimum atomic E-state index is -5.20. The molecule has 0 saturated heterocycles. The van der Waals surface area contributed by atoms with Crippen molar-refractivity contribution < 1.29 is 95.3 Å². The maximum absolute atomic E-state index is 12.1. The van der Waals surface area contributed by atoms with E-state index >= 15 is 0 Å². The molecule has 0 aliphatic heterocycles. The Morgan fingerprint density at radius 2 is 1.39 bits per heavy atom. The van der Waals surface area contributed by atoms with Crippen LogP contribution >= 0.6 is 0 Å². The van der Waals surface area contributed by atoms with E-state index < -0.39 is 35.8 Å². The third kappa shape index (κ3) is 7.85. The molecule has 2 N–H and O–H groups in total. The van der Waals surface area contributed by atoms with Crippen molar-refractivity contribution in [2.75, 3.05) is 18.0 Å². The van der Waals surface area contributed by atoms with Gasteiger partial charge < -0.3 is 24.2 Å². The Hall–Kier alpha value is -0.800. The van der Waals surface area contributed by atoms with E-state index in [2.05, 4.69) is 4.90 Å². The standard InChI is InChI=1S/C23H25NO8S2.2Na/c1-3-24(4-2)18-7-5-16(6-8-18)22(17-11-13-23(25,26)14-12-17)20-10-9-19(33(27,28)29)15-21(20)34(30,31)32;;/h5-15,25-26H,3-4H2,1-2H3,(H,27,28,29)(H,30,31,32);;/q;2*+1/p-2. The zero-order chi connectivity index (χ0) is 25.3. The number of aliphatic hydroxyl groups is 2. The van der Waals surface area contributed by atoms with E-state index in [0.29, 0.717) is 17.2 Å². The normalized spacial score (nSPS) is 14.6. The van der Waals surface area contributed by atoms with Crippen LogP contribution in [0, 0.1) is 0 Å². The minimum absolute atomic E-state index is 0. The Kier molecular flexibility index (Phi) is 11.8. The number of nitrogens with zero attached hydrogens (tertiary/aromatic N) is 1. The molecule has 1 aliphatic rings. The van der Waals surface area contributed by atoms with Gasteiger partial charge in [0.15, 0.2) is 0 Å². The largest absolute Gasteiger partial charge is 1.00 e. The van der Waals surface area contributed by atoms with Crippen molar-refractivity contribution in [1.82, 2.24) is 0 Å². The fourth-order valence-electron chi connectivity index (χ4n) is 3.68. The van der Waals surface area contributed by atoms with Gasteiger partial charge in [0.1, 0.15) is 20.2 Å². The first-order valence-corrected chi connectivity index (χ1v) is 13.1. The van der Waals surface area contributed by atoms with Gasteiger partial charge >= 0.3 is 59.1 Å². The number of benzene rings is 2. The van der Waals surface area contributed by atoms with E-state index in [0.717, 1.165) is 43.1 Å². The van der Waals surface area contributed by atoms with Crippen LogP contribution in [0.15, 0.2) is 82.1 Å². The molecule has 0 spiro atoms. The molecule has 36 heavy (non-hydrogen) atoms. The van der Waals surface area contributed by atoms with E-state index in [1.807, 2.05) is 26.0 Å². The van der Waals surface area contributed by atoms with E-state index in [1.165, 1.54) is 12.2 Å². The molecule has 13 heteroatoms. The molecular formula is C23H23NNa2O8S2. The van der Waals surface area contributed by atoms with Gasteiger partial charge in [-0.2, -0.15) is 0 Å². The summed E-state index contributed by atoms with van der Waals surface area (Å²) in [5.74, 6) is -2.21. The molecule has 0 aromatic heterocycles. The third-order valence-electron chi connectivity index (χ3n) is 5.37. The van der Waals surface area contributed by atoms with Gasteiger partial charge in [0, 0.05) is 24.3 Å². The van der Waals surface area contributed by atoms with Gasteiger partial charge in [-0.25, -0.2) is 16.8 Å². The van der Waals surface area contributed by atoms with Crippen molar-refractivity contribution in [1.29, 1.82) is 0 Å². The topological polar surface area (TPSA) is 158 Å². The first-order valence-electron chi connectivity index (χ1n) is 10.3. The van der Waals surface area contributed by atoms with Crippen LogP contribution in [0.5, 0.6) is 0 Å². The zero-order valence-electron chi connectivity index (χ0n) is 20.4. The summed E-state index contributed by atoms with van der Waals surface area (Å²) in [4.78, 5) is 0.349. The van der Waals surface area contributed by atoms with Gasteiger partial charge in [-0.1, -0.05) is 30.4 Å². The summed E-state index contributed by atoms with van der Waals surface area (Å²) < 4.78 is 70.6. The molecule has 0 bridgehead atoms. The van der Waals surface area contributed by atoms with Gasteiger partial charge in [-0.15, -0.1) is 0 Å². The Bertz CT molecular complexity index is 1380. The van der Waals surface area contributed by atoms with Gasteiger partial charge in [-0.3, -0.25) is 0 Å². The number of hydrogen-bond acceptors (Lipinski definition) is 9. The molecule has 0 radical (unpaired) electrons. The molecule has 1 aliphatic carbocycles. The van der Waals surface area contributed by atoms with Crippen LogP contribution in [0.25, 0.3) is 5.57 Å². The fourth-order valence-corrected chi connectivity index (χ4v) is 4.96. The van der Waals surface area contributed by atoms with Crippen molar-refractivity contribution >= 4 is 31.5 Å². The van der Waals surface area contributed by atoms with Crippen molar-refractivity contribution in [2.45, 2.75) is 29.4 Å². The molecule has 2 aromatic rings. The third-order valence-corrected chi connectivity index (χ3v) is 7.08. The van der Waals surface area contributed by atoms with Crippen LogP contribution in [-0.4, -0.2) is 55.0 Å². The molecule has 0 amide bonds.